The van der Waals surface area contributed by atoms with Crippen molar-refractivity contribution in [2.24, 2.45) is 0 Å². The minimum atomic E-state index is 0.304. The summed E-state index contributed by atoms with van der Waals surface area (Å²) < 4.78 is 7.47. The molecule has 1 atom stereocenters. The molecule has 3 rings (SSSR count). The van der Waals surface area contributed by atoms with Crippen molar-refractivity contribution in [2.75, 3.05) is 26.0 Å². The van der Waals surface area contributed by atoms with E-state index in [-0.39, 0.29) is 0 Å². The van der Waals surface area contributed by atoms with E-state index in [1.807, 2.05) is 23.9 Å². The van der Waals surface area contributed by atoms with E-state index in [1.54, 1.807) is 11.0 Å². The van der Waals surface area contributed by atoms with Gasteiger partial charge in [-0.1, -0.05) is 12.1 Å². The number of nitrogens with one attached hydrogen (secondary N) is 1. The maximum Gasteiger partial charge on any atom is 0.143 e. The SMILES string of the molecule is CSC1(CN[C@H](C)c2ccc(-n3cnnn3)cc2)CCOCC1. The maximum absolute atomic E-state index is 5.51. The largest absolute Gasteiger partial charge is 0.381 e. The van der Waals surface area contributed by atoms with Crippen LogP contribution in [0, 0.1) is 0 Å². The number of tetrazole rings is 1. The van der Waals surface area contributed by atoms with Gasteiger partial charge in [-0.3, -0.25) is 0 Å². The van der Waals surface area contributed by atoms with E-state index >= 15 is 0 Å². The molecule has 1 N–H and O–H groups in total. The summed E-state index contributed by atoms with van der Waals surface area (Å²) in [5, 5.41) is 14.9. The molecule has 0 spiro atoms. The third kappa shape index (κ3) is 3.91. The fourth-order valence-electron chi connectivity index (χ4n) is 2.85. The number of nitrogens with zero attached hydrogens (tertiary/aromatic N) is 4. The van der Waals surface area contributed by atoms with Crippen LogP contribution in [0.1, 0.15) is 31.4 Å². The molecular weight excluding hydrogens is 310 g/mol. The van der Waals surface area contributed by atoms with Gasteiger partial charge in [-0.15, -0.1) is 5.10 Å². The first-order chi connectivity index (χ1) is 11.2. The lowest BCUT2D eigenvalue weighted by Crippen LogP contribution is -2.43. The Labute approximate surface area is 141 Å². The van der Waals surface area contributed by atoms with E-state index in [0.717, 1.165) is 38.3 Å². The van der Waals surface area contributed by atoms with Crippen LogP contribution in [-0.2, 0) is 4.74 Å². The zero-order chi connectivity index (χ0) is 16.1. The van der Waals surface area contributed by atoms with Crippen molar-refractivity contribution >= 4 is 11.8 Å². The summed E-state index contributed by atoms with van der Waals surface area (Å²) >= 11 is 1.96. The molecule has 1 fully saturated rings. The summed E-state index contributed by atoms with van der Waals surface area (Å²) in [6, 6.07) is 8.66. The van der Waals surface area contributed by atoms with Crippen molar-refractivity contribution in [3.63, 3.8) is 0 Å². The summed E-state index contributed by atoms with van der Waals surface area (Å²) in [5.74, 6) is 0. The van der Waals surface area contributed by atoms with Gasteiger partial charge in [-0.05, 0) is 54.1 Å². The van der Waals surface area contributed by atoms with Crippen LogP contribution in [0.5, 0.6) is 0 Å². The van der Waals surface area contributed by atoms with Crippen molar-refractivity contribution in [2.45, 2.75) is 30.6 Å². The lowest BCUT2D eigenvalue weighted by Gasteiger charge is -2.36. The van der Waals surface area contributed by atoms with Gasteiger partial charge in [0.25, 0.3) is 0 Å². The number of hydrogen-bond donors (Lipinski definition) is 1. The quantitative estimate of drug-likeness (QED) is 0.874. The van der Waals surface area contributed by atoms with Crippen molar-refractivity contribution < 1.29 is 4.74 Å². The Morgan fingerprint density at radius 2 is 2.04 bits per heavy atom. The molecule has 6 nitrogen and oxygen atoms in total. The van der Waals surface area contributed by atoms with Gasteiger partial charge in [-0.25, -0.2) is 4.68 Å². The van der Waals surface area contributed by atoms with Crippen LogP contribution in [0.4, 0.5) is 0 Å². The minimum absolute atomic E-state index is 0.304. The van der Waals surface area contributed by atoms with Gasteiger partial charge in [0.2, 0.25) is 0 Å². The second-order valence-electron chi connectivity index (χ2n) is 5.95. The van der Waals surface area contributed by atoms with Gasteiger partial charge in [0, 0.05) is 30.5 Å². The molecule has 0 radical (unpaired) electrons. The molecule has 0 saturated carbocycles. The fraction of sp³-hybridized carbons (Fsp3) is 0.562. The second kappa shape index (κ2) is 7.42. The monoisotopic (exact) mass is 333 g/mol. The van der Waals surface area contributed by atoms with E-state index in [1.165, 1.54) is 5.56 Å². The molecule has 7 heteroatoms. The van der Waals surface area contributed by atoms with Gasteiger partial charge < -0.3 is 10.1 Å². The number of aromatic nitrogens is 4. The Balaban J connectivity index is 1.60. The zero-order valence-corrected chi connectivity index (χ0v) is 14.4. The molecule has 2 heterocycles. The summed E-state index contributed by atoms with van der Waals surface area (Å²) in [6.45, 7) is 4.96. The summed E-state index contributed by atoms with van der Waals surface area (Å²) in [7, 11) is 0. The molecule has 1 aliphatic heterocycles. The molecule has 0 unspecified atom stereocenters. The standard InChI is InChI=1S/C16H23N5OS/c1-13(17-11-16(23-2)7-9-22-10-8-16)14-3-5-15(6-4-14)21-12-18-19-20-21/h3-6,12-13,17H,7-11H2,1-2H3/t13-/m1/s1. The Kier molecular flexibility index (Phi) is 5.30. The molecular formula is C16H23N5OS. The van der Waals surface area contributed by atoms with E-state index in [0.29, 0.717) is 10.8 Å². The van der Waals surface area contributed by atoms with Crippen LogP contribution >= 0.6 is 11.8 Å². The Bertz CT molecular complexity index is 595. The van der Waals surface area contributed by atoms with Crippen LogP contribution in [-0.4, -0.2) is 51.0 Å². The second-order valence-corrected chi connectivity index (χ2v) is 7.22. The number of rotatable bonds is 6. The van der Waals surface area contributed by atoms with Crippen molar-refractivity contribution in [3.8, 4) is 5.69 Å². The normalized spacial score (nSPS) is 18.7. The molecule has 1 aromatic heterocycles. The smallest absolute Gasteiger partial charge is 0.143 e. The molecule has 1 aliphatic rings. The average molecular weight is 333 g/mol. The molecule has 0 bridgehead atoms. The molecule has 124 valence electrons. The van der Waals surface area contributed by atoms with E-state index in [4.69, 9.17) is 4.74 Å². The van der Waals surface area contributed by atoms with Gasteiger partial charge in [0.05, 0.1) is 5.69 Å². The van der Waals surface area contributed by atoms with Gasteiger partial charge in [-0.2, -0.15) is 11.8 Å². The molecule has 1 aromatic carbocycles. The number of benzene rings is 1. The van der Waals surface area contributed by atoms with Crippen LogP contribution < -0.4 is 5.32 Å². The van der Waals surface area contributed by atoms with E-state index < -0.39 is 0 Å². The predicted octanol–water partition coefficient (Wildman–Crippen LogP) is 2.23. The number of hydrogen-bond acceptors (Lipinski definition) is 6. The topological polar surface area (TPSA) is 64.9 Å². The average Bonchev–Trinajstić information content (AvgIpc) is 3.15. The van der Waals surface area contributed by atoms with Gasteiger partial charge in [0.1, 0.15) is 6.33 Å². The van der Waals surface area contributed by atoms with Crippen LogP contribution in [0.15, 0.2) is 30.6 Å². The van der Waals surface area contributed by atoms with Crippen molar-refractivity contribution in [3.05, 3.63) is 36.2 Å². The fourth-order valence-corrected chi connectivity index (χ4v) is 3.65. The zero-order valence-electron chi connectivity index (χ0n) is 13.6. The Morgan fingerprint density at radius 1 is 1.30 bits per heavy atom. The highest BCUT2D eigenvalue weighted by Gasteiger charge is 2.31. The highest BCUT2D eigenvalue weighted by Crippen LogP contribution is 2.33. The van der Waals surface area contributed by atoms with Crippen LogP contribution in [0.2, 0.25) is 0 Å². The third-order valence-electron chi connectivity index (χ3n) is 4.57. The van der Waals surface area contributed by atoms with Gasteiger partial charge in [0.15, 0.2) is 0 Å². The summed E-state index contributed by atoms with van der Waals surface area (Å²) in [6.07, 6.45) is 6.04. The maximum atomic E-state index is 5.51. The summed E-state index contributed by atoms with van der Waals surface area (Å²) in [4.78, 5) is 0. The van der Waals surface area contributed by atoms with E-state index in [2.05, 4.69) is 46.2 Å². The lowest BCUT2D eigenvalue weighted by molar-refractivity contribution is 0.0766. The molecule has 1 saturated heterocycles. The first-order valence-electron chi connectivity index (χ1n) is 7.92. The molecule has 0 amide bonds. The minimum Gasteiger partial charge on any atom is -0.381 e. The number of ether oxygens (including phenoxy) is 1. The third-order valence-corrected chi connectivity index (χ3v) is 5.99. The van der Waals surface area contributed by atoms with E-state index in [9.17, 15) is 0 Å². The molecule has 0 aliphatic carbocycles. The van der Waals surface area contributed by atoms with Crippen molar-refractivity contribution in [1.82, 2.24) is 25.5 Å². The Morgan fingerprint density at radius 3 is 2.65 bits per heavy atom. The first-order valence-corrected chi connectivity index (χ1v) is 9.14. The van der Waals surface area contributed by atoms with Crippen molar-refractivity contribution in [1.29, 1.82) is 0 Å². The predicted molar refractivity (Wildman–Crippen MR) is 91.9 cm³/mol. The van der Waals surface area contributed by atoms with Crippen LogP contribution in [0.25, 0.3) is 5.69 Å². The lowest BCUT2D eigenvalue weighted by atomic mass is 9.98. The highest BCUT2D eigenvalue weighted by molar-refractivity contribution is 8.00. The summed E-state index contributed by atoms with van der Waals surface area (Å²) in [5.41, 5.74) is 2.24. The van der Waals surface area contributed by atoms with Crippen LogP contribution in [0.3, 0.4) is 0 Å². The number of thioether (sulfide) groups is 1. The van der Waals surface area contributed by atoms with Gasteiger partial charge >= 0.3 is 0 Å². The Hall–Kier alpha value is -1.44. The molecule has 2 aromatic rings. The molecule has 23 heavy (non-hydrogen) atoms. The highest BCUT2D eigenvalue weighted by atomic mass is 32.2. The first kappa shape index (κ1) is 16.4.